The molecule has 0 atom stereocenters. The van der Waals surface area contributed by atoms with Gasteiger partial charge in [-0.15, -0.1) is 0 Å². The summed E-state index contributed by atoms with van der Waals surface area (Å²) in [6.07, 6.45) is 0. The molecule has 154 valence electrons. The van der Waals surface area contributed by atoms with Gasteiger partial charge < -0.3 is 24.8 Å². The van der Waals surface area contributed by atoms with Gasteiger partial charge in [-0.05, 0) is 54.4 Å². The first kappa shape index (κ1) is 19.8. The molecule has 1 aliphatic heterocycles. The fourth-order valence-corrected chi connectivity index (χ4v) is 3.13. The molecule has 0 radical (unpaired) electrons. The maximum atomic E-state index is 12.1. The molecule has 1 heterocycles. The third-order valence-electron chi connectivity index (χ3n) is 4.70. The smallest absolute Gasteiger partial charge is 0.262 e. The third kappa shape index (κ3) is 5.30. The van der Waals surface area contributed by atoms with E-state index in [1.165, 1.54) is 0 Å². The fraction of sp³-hybridized carbons (Fsp3) is 0.208. The lowest BCUT2D eigenvalue weighted by Crippen LogP contribution is -2.20. The van der Waals surface area contributed by atoms with Crippen molar-refractivity contribution in [1.82, 2.24) is 5.32 Å². The van der Waals surface area contributed by atoms with Crippen molar-refractivity contribution in [2.45, 2.75) is 20.0 Å². The summed E-state index contributed by atoms with van der Waals surface area (Å²) >= 11 is 0. The van der Waals surface area contributed by atoms with Gasteiger partial charge >= 0.3 is 0 Å². The van der Waals surface area contributed by atoms with E-state index in [0.29, 0.717) is 18.8 Å². The van der Waals surface area contributed by atoms with Crippen LogP contribution in [0.5, 0.6) is 17.2 Å². The Labute approximate surface area is 175 Å². The van der Waals surface area contributed by atoms with Crippen LogP contribution in [-0.4, -0.2) is 19.3 Å². The largest absolute Gasteiger partial charge is 0.484 e. The van der Waals surface area contributed by atoms with E-state index in [1.54, 1.807) is 0 Å². The number of carbonyl (C=O) groups is 1. The van der Waals surface area contributed by atoms with Crippen LogP contribution in [-0.2, 0) is 17.9 Å². The Bertz CT molecular complexity index is 1020. The van der Waals surface area contributed by atoms with Gasteiger partial charge in [0, 0.05) is 18.8 Å². The van der Waals surface area contributed by atoms with E-state index in [9.17, 15) is 4.79 Å². The summed E-state index contributed by atoms with van der Waals surface area (Å²) in [5.74, 6) is 2.05. The van der Waals surface area contributed by atoms with E-state index in [2.05, 4.69) is 10.6 Å². The minimum absolute atomic E-state index is 0.0397. The van der Waals surface area contributed by atoms with Gasteiger partial charge in [-0.25, -0.2) is 0 Å². The molecule has 0 aromatic heterocycles. The molecule has 30 heavy (non-hydrogen) atoms. The first-order valence-corrected chi connectivity index (χ1v) is 9.83. The van der Waals surface area contributed by atoms with E-state index in [4.69, 9.17) is 14.2 Å². The van der Waals surface area contributed by atoms with Crippen LogP contribution >= 0.6 is 0 Å². The zero-order valence-corrected chi connectivity index (χ0v) is 16.8. The highest BCUT2D eigenvalue weighted by atomic mass is 16.7. The third-order valence-corrected chi connectivity index (χ3v) is 4.70. The van der Waals surface area contributed by atoms with Gasteiger partial charge in [0.2, 0.25) is 6.79 Å². The highest BCUT2D eigenvalue weighted by molar-refractivity contribution is 5.91. The molecule has 4 rings (SSSR count). The molecular weight excluding hydrogens is 380 g/mol. The van der Waals surface area contributed by atoms with Gasteiger partial charge in [-0.3, -0.25) is 4.79 Å². The number of ether oxygens (including phenoxy) is 3. The van der Waals surface area contributed by atoms with Gasteiger partial charge in [0.25, 0.3) is 5.91 Å². The molecule has 6 nitrogen and oxygen atoms in total. The summed E-state index contributed by atoms with van der Waals surface area (Å²) in [6, 6.07) is 21.3. The molecule has 1 amide bonds. The molecule has 0 unspecified atom stereocenters. The Kier molecular flexibility index (Phi) is 6.15. The number of aryl methyl sites for hydroxylation is 1. The molecule has 0 fully saturated rings. The summed E-state index contributed by atoms with van der Waals surface area (Å²) < 4.78 is 16.4. The molecule has 3 aromatic rings. The summed E-state index contributed by atoms with van der Waals surface area (Å²) in [7, 11) is 0. The van der Waals surface area contributed by atoms with Gasteiger partial charge in [-0.1, -0.05) is 35.9 Å². The van der Waals surface area contributed by atoms with Gasteiger partial charge in [0.1, 0.15) is 5.75 Å². The van der Waals surface area contributed by atoms with Crippen LogP contribution in [0.2, 0.25) is 0 Å². The second-order valence-electron chi connectivity index (χ2n) is 7.14. The average Bonchev–Trinajstić information content (AvgIpc) is 3.22. The molecule has 1 aliphatic rings. The minimum atomic E-state index is -0.190. The topological polar surface area (TPSA) is 68.8 Å². The molecule has 0 saturated carbocycles. The summed E-state index contributed by atoms with van der Waals surface area (Å²) in [6.45, 7) is 3.64. The van der Waals surface area contributed by atoms with E-state index >= 15 is 0 Å². The summed E-state index contributed by atoms with van der Waals surface area (Å²) in [5.41, 5.74) is 4.11. The van der Waals surface area contributed by atoms with Gasteiger partial charge in [-0.2, -0.15) is 0 Å². The van der Waals surface area contributed by atoms with Crippen molar-refractivity contribution in [3.05, 3.63) is 83.4 Å². The number of rotatable bonds is 8. The van der Waals surface area contributed by atoms with E-state index < -0.39 is 0 Å². The fourth-order valence-electron chi connectivity index (χ4n) is 3.13. The zero-order chi connectivity index (χ0) is 20.8. The van der Waals surface area contributed by atoms with Gasteiger partial charge in [0.05, 0.1) is 0 Å². The molecule has 3 aromatic carbocycles. The maximum Gasteiger partial charge on any atom is 0.262 e. The molecule has 0 saturated heterocycles. The summed E-state index contributed by atoms with van der Waals surface area (Å²) in [4.78, 5) is 12.1. The van der Waals surface area contributed by atoms with Crippen LogP contribution in [0.3, 0.4) is 0 Å². The van der Waals surface area contributed by atoms with Crippen molar-refractivity contribution < 1.29 is 19.0 Å². The van der Waals surface area contributed by atoms with Crippen molar-refractivity contribution in [2.75, 3.05) is 18.7 Å². The van der Waals surface area contributed by atoms with Crippen LogP contribution in [0, 0.1) is 6.92 Å². The predicted molar refractivity (Wildman–Crippen MR) is 115 cm³/mol. The number of hydrogen-bond donors (Lipinski definition) is 2. The molecule has 0 bridgehead atoms. The van der Waals surface area contributed by atoms with Gasteiger partial charge in [0.15, 0.2) is 18.1 Å². The second-order valence-corrected chi connectivity index (χ2v) is 7.14. The highest BCUT2D eigenvalue weighted by Crippen LogP contribution is 2.32. The van der Waals surface area contributed by atoms with Crippen molar-refractivity contribution in [3.8, 4) is 17.2 Å². The normalized spacial score (nSPS) is 11.9. The Morgan fingerprint density at radius 2 is 1.70 bits per heavy atom. The number of anilines is 1. The standard InChI is InChI=1S/C24H24N2O4/c1-17-5-8-20(9-6-17)26-24(27)15-28-21-4-2-3-18(11-21)13-25-14-19-7-10-22-23(12-19)30-16-29-22/h2-12,25H,13-16H2,1H3,(H,26,27). The van der Waals surface area contributed by atoms with E-state index in [1.807, 2.05) is 73.7 Å². The molecule has 2 N–H and O–H groups in total. The van der Waals surface area contributed by atoms with Crippen LogP contribution in [0.15, 0.2) is 66.7 Å². The SMILES string of the molecule is Cc1ccc(NC(=O)COc2cccc(CNCc3ccc4c(c3)OCO4)c2)cc1. The summed E-state index contributed by atoms with van der Waals surface area (Å²) in [5, 5.41) is 6.24. The Morgan fingerprint density at radius 3 is 2.53 bits per heavy atom. The van der Waals surface area contributed by atoms with Crippen molar-refractivity contribution in [2.24, 2.45) is 0 Å². The molecule has 6 heteroatoms. The number of benzene rings is 3. The number of carbonyl (C=O) groups excluding carboxylic acids is 1. The van der Waals surface area contributed by atoms with Crippen LogP contribution in [0.4, 0.5) is 5.69 Å². The lowest BCUT2D eigenvalue weighted by atomic mass is 10.2. The number of fused-ring (bicyclic) bond motifs is 1. The Hall–Kier alpha value is -3.51. The first-order chi connectivity index (χ1) is 14.7. The van der Waals surface area contributed by atoms with E-state index in [-0.39, 0.29) is 19.3 Å². The quantitative estimate of drug-likeness (QED) is 0.593. The van der Waals surface area contributed by atoms with Crippen molar-refractivity contribution in [1.29, 1.82) is 0 Å². The molecule has 0 spiro atoms. The monoisotopic (exact) mass is 404 g/mol. The van der Waals surface area contributed by atoms with Crippen LogP contribution < -0.4 is 24.8 Å². The number of amides is 1. The number of hydrogen-bond acceptors (Lipinski definition) is 5. The second kappa shape index (κ2) is 9.33. The number of nitrogens with one attached hydrogen (secondary N) is 2. The van der Waals surface area contributed by atoms with Crippen LogP contribution in [0.25, 0.3) is 0 Å². The maximum absolute atomic E-state index is 12.1. The lowest BCUT2D eigenvalue weighted by Gasteiger charge is -2.10. The molecular formula is C24H24N2O4. The van der Waals surface area contributed by atoms with Crippen LogP contribution in [0.1, 0.15) is 16.7 Å². The van der Waals surface area contributed by atoms with E-state index in [0.717, 1.165) is 33.9 Å². The molecule has 0 aliphatic carbocycles. The average molecular weight is 404 g/mol. The Balaban J connectivity index is 1.24. The predicted octanol–water partition coefficient (Wildman–Crippen LogP) is 4.03. The zero-order valence-electron chi connectivity index (χ0n) is 16.8. The first-order valence-electron chi connectivity index (χ1n) is 9.83. The Morgan fingerprint density at radius 1 is 0.933 bits per heavy atom. The highest BCUT2D eigenvalue weighted by Gasteiger charge is 2.12. The lowest BCUT2D eigenvalue weighted by molar-refractivity contribution is -0.118. The van der Waals surface area contributed by atoms with Crippen molar-refractivity contribution >= 4 is 11.6 Å². The minimum Gasteiger partial charge on any atom is -0.484 e. The van der Waals surface area contributed by atoms with Crippen molar-refractivity contribution in [3.63, 3.8) is 0 Å².